The molecule has 1 atom stereocenters. The van der Waals surface area contributed by atoms with E-state index in [-0.39, 0.29) is 6.04 Å². The molecule has 0 bridgehead atoms. The summed E-state index contributed by atoms with van der Waals surface area (Å²) < 4.78 is 0. The Bertz CT molecular complexity index is 373. The van der Waals surface area contributed by atoms with E-state index in [2.05, 4.69) is 36.9 Å². The summed E-state index contributed by atoms with van der Waals surface area (Å²) >= 11 is 0. The first-order chi connectivity index (χ1) is 7.63. The fraction of sp³-hybridized carbons (Fsp3) is 0.538. The Morgan fingerprint density at radius 2 is 2.12 bits per heavy atom. The molecule has 2 rings (SSSR count). The largest absolute Gasteiger partial charge is 0.369 e. The van der Waals surface area contributed by atoms with Crippen LogP contribution in [0.2, 0.25) is 0 Å². The summed E-state index contributed by atoms with van der Waals surface area (Å²) in [7, 11) is 0. The van der Waals surface area contributed by atoms with Crippen molar-refractivity contribution in [3.8, 4) is 0 Å². The van der Waals surface area contributed by atoms with Gasteiger partial charge in [-0.15, -0.1) is 0 Å². The van der Waals surface area contributed by atoms with Crippen molar-refractivity contribution in [1.82, 2.24) is 0 Å². The molecule has 1 aliphatic heterocycles. The number of hydrogen-bond acceptors (Lipinski definition) is 3. The number of hydrogen-bond donors (Lipinski definition) is 2. The normalized spacial score (nSPS) is 16.7. The molecule has 1 heterocycles. The highest BCUT2D eigenvalue weighted by molar-refractivity contribution is 5.59. The van der Waals surface area contributed by atoms with Crippen LogP contribution in [0.5, 0.6) is 0 Å². The standard InChI is InChI=1S/C13H21N3/c1-9(2)16-6-5-11-7-10(12(15)8-14)3-4-13(11)16/h3-4,7,9,12H,5-6,8,14-15H2,1-2H3/t12-/m0/s1. The van der Waals surface area contributed by atoms with Crippen molar-refractivity contribution < 1.29 is 0 Å². The van der Waals surface area contributed by atoms with Crippen molar-refractivity contribution in [3.05, 3.63) is 29.3 Å². The van der Waals surface area contributed by atoms with Gasteiger partial charge < -0.3 is 16.4 Å². The van der Waals surface area contributed by atoms with E-state index in [1.54, 1.807) is 0 Å². The lowest BCUT2D eigenvalue weighted by Gasteiger charge is -2.24. The first-order valence-electron chi connectivity index (χ1n) is 5.98. The van der Waals surface area contributed by atoms with Gasteiger partial charge in [-0.25, -0.2) is 0 Å². The zero-order valence-electron chi connectivity index (χ0n) is 10.1. The topological polar surface area (TPSA) is 55.3 Å². The molecule has 1 aliphatic rings. The van der Waals surface area contributed by atoms with E-state index in [0.717, 1.165) is 18.5 Å². The highest BCUT2D eigenvalue weighted by atomic mass is 15.2. The molecule has 0 fully saturated rings. The highest BCUT2D eigenvalue weighted by Gasteiger charge is 2.21. The van der Waals surface area contributed by atoms with Gasteiger partial charge in [0.15, 0.2) is 0 Å². The van der Waals surface area contributed by atoms with E-state index >= 15 is 0 Å². The van der Waals surface area contributed by atoms with E-state index in [4.69, 9.17) is 11.5 Å². The molecule has 1 aromatic carbocycles. The predicted molar refractivity (Wildman–Crippen MR) is 68.6 cm³/mol. The lowest BCUT2D eigenvalue weighted by Crippen LogP contribution is -2.28. The van der Waals surface area contributed by atoms with Crippen molar-refractivity contribution in [2.45, 2.75) is 32.4 Å². The molecular formula is C13H21N3. The molecule has 4 N–H and O–H groups in total. The summed E-state index contributed by atoms with van der Waals surface area (Å²) in [5.74, 6) is 0. The maximum atomic E-state index is 5.94. The monoisotopic (exact) mass is 219 g/mol. The quantitative estimate of drug-likeness (QED) is 0.808. The van der Waals surface area contributed by atoms with E-state index in [0.29, 0.717) is 12.6 Å². The van der Waals surface area contributed by atoms with Gasteiger partial charge in [-0.1, -0.05) is 12.1 Å². The number of anilines is 1. The number of fused-ring (bicyclic) bond motifs is 1. The average Bonchev–Trinajstić information content (AvgIpc) is 2.70. The first-order valence-corrected chi connectivity index (χ1v) is 5.98. The molecule has 0 unspecified atom stereocenters. The summed E-state index contributed by atoms with van der Waals surface area (Å²) in [4.78, 5) is 2.44. The third-order valence-corrected chi connectivity index (χ3v) is 3.34. The third-order valence-electron chi connectivity index (χ3n) is 3.34. The van der Waals surface area contributed by atoms with E-state index in [9.17, 15) is 0 Å². The molecule has 3 nitrogen and oxygen atoms in total. The molecule has 0 spiro atoms. The molecule has 0 saturated carbocycles. The van der Waals surface area contributed by atoms with Crippen molar-refractivity contribution in [1.29, 1.82) is 0 Å². The molecule has 0 aliphatic carbocycles. The molecule has 3 heteroatoms. The Kier molecular flexibility index (Phi) is 3.17. The maximum absolute atomic E-state index is 5.94. The van der Waals surface area contributed by atoms with E-state index < -0.39 is 0 Å². The van der Waals surface area contributed by atoms with Crippen LogP contribution >= 0.6 is 0 Å². The Hall–Kier alpha value is -1.06. The van der Waals surface area contributed by atoms with Crippen LogP contribution in [0.3, 0.4) is 0 Å². The molecular weight excluding hydrogens is 198 g/mol. The van der Waals surface area contributed by atoms with Crippen LogP contribution < -0.4 is 16.4 Å². The van der Waals surface area contributed by atoms with Gasteiger partial charge in [0.2, 0.25) is 0 Å². The highest BCUT2D eigenvalue weighted by Crippen LogP contribution is 2.31. The number of rotatable bonds is 3. The van der Waals surface area contributed by atoms with Crippen LogP contribution in [0.15, 0.2) is 18.2 Å². The van der Waals surface area contributed by atoms with Crippen molar-refractivity contribution in [2.24, 2.45) is 11.5 Å². The summed E-state index contributed by atoms with van der Waals surface area (Å²) in [6.45, 7) is 6.09. The van der Waals surface area contributed by atoms with Crippen molar-refractivity contribution in [2.75, 3.05) is 18.0 Å². The van der Waals surface area contributed by atoms with Crippen LogP contribution in [0.25, 0.3) is 0 Å². The molecule has 0 aromatic heterocycles. The predicted octanol–water partition coefficient (Wildman–Crippen LogP) is 1.42. The maximum Gasteiger partial charge on any atom is 0.0419 e. The molecule has 0 amide bonds. The average molecular weight is 219 g/mol. The molecule has 88 valence electrons. The lowest BCUT2D eigenvalue weighted by molar-refractivity contribution is 0.710. The lowest BCUT2D eigenvalue weighted by atomic mass is 10.0. The van der Waals surface area contributed by atoms with Gasteiger partial charge in [-0.2, -0.15) is 0 Å². The SMILES string of the molecule is CC(C)N1CCc2cc([C@@H](N)CN)ccc21. The Labute approximate surface area is 97.4 Å². The Morgan fingerprint density at radius 1 is 1.38 bits per heavy atom. The second kappa shape index (κ2) is 4.44. The zero-order valence-corrected chi connectivity index (χ0v) is 10.1. The second-order valence-electron chi connectivity index (χ2n) is 4.77. The summed E-state index contributed by atoms with van der Waals surface area (Å²) in [5, 5.41) is 0. The summed E-state index contributed by atoms with van der Waals surface area (Å²) in [6.07, 6.45) is 1.12. The van der Waals surface area contributed by atoms with Gasteiger partial charge in [0.05, 0.1) is 0 Å². The first kappa shape index (κ1) is 11.4. The molecule has 1 aromatic rings. The Balaban J connectivity index is 2.29. The van der Waals surface area contributed by atoms with Gasteiger partial charge in [0.1, 0.15) is 0 Å². The molecule has 16 heavy (non-hydrogen) atoms. The third kappa shape index (κ3) is 1.93. The van der Waals surface area contributed by atoms with Crippen LogP contribution in [-0.4, -0.2) is 19.1 Å². The van der Waals surface area contributed by atoms with E-state index in [1.165, 1.54) is 11.3 Å². The Morgan fingerprint density at radius 3 is 2.75 bits per heavy atom. The van der Waals surface area contributed by atoms with Crippen LogP contribution in [0, 0.1) is 0 Å². The fourth-order valence-electron chi connectivity index (χ4n) is 2.35. The summed E-state index contributed by atoms with van der Waals surface area (Å²) in [6, 6.07) is 7.05. The number of benzene rings is 1. The van der Waals surface area contributed by atoms with Crippen molar-refractivity contribution >= 4 is 5.69 Å². The minimum atomic E-state index is -0.0293. The van der Waals surface area contributed by atoms with Crippen LogP contribution in [-0.2, 0) is 6.42 Å². The molecule has 0 saturated heterocycles. The van der Waals surface area contributed by atoms with Gasteiger partial charge in [-0.3, -0.25) is 0 Å². The van der Waals surface area contributed by atoms with Gasteiger partial charge >= 0.3 is 0 Å². The van der Waals surface area contributed by atoms with Gasteiger partial charge in [0.25, 0.3) is 0 Å². The van der Waals surface area contributed by atoms with Gasteiger partial charge in [-0.05, 0) is 37.5 Å². The van der Waals surface area contributed by atoms with Crippen LogP contribution in [0.4, 0.5) is 5.69 Å². The van der Waals surface area contributed by atoms with Gasteiger partial charge in [0, 0.05) is 30.9 Å². The van der Waals surface area contributed by atoms with Crippen molar-refractivity contribution in [3.63, 3.8) is 0 Å². The minimum absolute atomic E-state index is 0.0293. The number of nitrogens with two attached hydrogens (primary N) is 2. The second-order valence-corrected chi connectivity index (χ2v) is 4.77. The van der Waals surface area contributed by atoms with E-state index in [1.807, 2.05) is 0 Å². The van der Waals surface area contributed by atoms with Crippen LogP contribution in [0.1, 0.15) is 31.0 Å². The fourth-order valence-corrected chi connectivity index (χ4v) is 2.35. The minimum Gasteiger partial charge on any atom is -0.369 e. The zero-order chi connectivity index (χ0) is 11.7. The molecule has 0 radical (unpaired) electrons. The number of nitrogens with zero attached hydrogens (tertiary/aromatic N) is 1. The smallest absolute Gasteiger partial charge is 0.0419 e. The summed E-state index contributed by atoms with van der Waals surface area (Å²) in [5.41, 5.74) is 15.5.